The molecule has 24 N–H and O–H groups in total. The van der Waals surface area contributed by atoms with Crippen LogP contribution in [0.4, 0.5) is 0 Å². The summed E-state index contributed by atoms with van der Waals surface area (Å²) in [4.78, 5) is 25.6. The normalized spacial score (nSPS) is 3.11. The molecule has 0 aromatic carbocycles. The average Bonchev–Trinajstić information content (AvgIpc) is 0.722. The maximum Gasteiger partial charge on any atom is 1.00 e. The van der Waals surface area contributed by atoms with Crippen LogP contribution in [0.25, 0.3) is 0 Å². The summed E-state index contributed by atoms with van der Waals surface area (Å²) in [6, 6.07) is 0. The van der Waals surface area contributed by atoms with Crippen molar-refractivity contribution in [3.8, 4) is 0 Å². The van der Waals surface area contributed by atoms with Gasteiger partial charge in [0.05, 0.1) is 0 Å². The number of rotatable bonds is 0. The third kappa shape index (κ3) is 2300. The molecule has 128 valence electrons. The van der Waals surface area contributed by atoms with Crippen molar-refractivity contribution in [3.63, 3.8) is 0 Å². The van der Waals surface area contributed by atoms with Crippen molar-refractivity contribution in [3.05, 3.63) is 0 Å². The predicted octanol–water partition coefficient (Wildman–Crippen LogP) is -18.7. The van der Waals surface area contributed by atoms with Crippen LogP contribution in [0.3, 0.4) is 0 Å². The Hall–Kier alpha value is 1.63. The fraction of sp³-hybridized carbons (Fsp3) is 0. The van der Waals surface area contributed by atoms with Gasteiger partial charge in [0.15, 0.2) is 0 Å². The smallest absolute Gasteiger partial charge is 0.822 e. The van der Waals surface area contributed by atoms with Gasteiger partial charge in [0.2, 0.25) is 0 Å². The Balaban J connectivity index is -0.000000000879. The minimum Gasteiger partial charge on any atom is -0.822 e. The van der Waals surface area contributed by atoms with E-state index in [1.54, 1.807) is 0 Å². The van der Waals surface area contributed by atoms with Crippen LogP contribution < -0.4 is 73.8 Å². The van der Waals surface area contributed by atoms with Gasteiger partial charge < -0.3 is 85.0 Å². The van der Waals surface area contributed by atoms with Gasteiger partial charge in [0.25, 0.3) is 0 Å². The van der Waals surface area contributed by atoms with E-state index in [1.165, 1.54) is 0 Å². The van der Waals surface area contributed by atoms with Crippen LogP contribution in [-0.2, 0) is 4.57 Å². The molecular weight excluding hydrogens is 333 g/mol. The van der Waals surface area contributed by atoms with Crippen LogP contribution >= 0.6 is 7.82 Å². The summed E-state index contributed by atoms with van der Waals surface area (Å²) in [5, 5.41) is 0. The molecule has 0 aliphatic rings. The first-order valence-electron chi connectivity index (χ1n) is 0.730. The van der Waals surface area contributed by atoms with Gasteiger partial charge in [-0.1, -0.05) is 0 Å². The van der Waals surface area contributed by atoms with Crippen molar-refractivity contribution >= 4 is 7.82 Å². The molecule has 0 aromatic heterocycles. The molecule has 0 spiro atoms. The molecule has 0 aliphatic heterocycles. The van der Waals surface area contributed by atoms with E-state index in [0.717, 1.165) is 0 Å². The van der Waals surface area contributed by atoms with Crippen molar-refractivity contribution in [1.29, 1.82) is 0 Å². The Kier molecular flexibility index (Phi) is 1540. The van der Waals surface area contributed by atoms with Crippen LogP contribution in [0, 0.1) is 0 Å². The van der Waals surface area contributed by atoms with E-state index in [4.69, 9.17) is 19.2 Å². The Morgan fingerprint density at radius 2 is 0.421 bits per heavy atom. The van der Waals surface area contributed by atoms with Crippen molar-refractivity contribution < 1.29 is 144 Å². The first-order chi connectivity index (χ1) is 2.00. The van der Waals surface area contributed by atoms with E-state index in [1.807, 2.05) is 0 Å². The van der Waals surface area contributed by atoms with Crippen LogP contribution in [-0.4, -0.2) is 65.7 Å². The fourth-order valence-corrected chi connectivity index (χ4v) is 0. The van der Waals surface area contributed by atoms with Gasteiger partial charge in [-0.15, -0.1) is 0 Å². The summed E-state index contributed by atoms with van der Waals surface area (Å²) in [5.41, 5.74) is 0. The largest absolute Gasteiger partial charge is 1.00 e. The van der Waals surface area contributed by atoms with E-state index in [2.05, 4.69) is 0 Å². The maximum atomic E-state index is 8.55. The molecule has 16 nitrogen and oxygen atoms in total. The van der Waals surface area contributed by atoms with Crippen molar-refractivity contribution in [2.24, 2.45) is 0 Å². The molecule has 0 saturated carbocycles. The second-order valence-electron chi connectivity index (χ2n) is 0.447. The molecule has 0 amide bonds. The first kappa shape index (κ1) is 251. The zero-order valence-corrected chi connectivity index (χ0v) is 15.0. The maximum absolute atomic E-state index is 8.55. The summed E-state index contributed by atoms with van der Waals surface area (Å²) in [6.45, 7) is 0. The van der Waals surface area contributed by atoms with Gasteiger partial charge in [-0.3, -0.25) is 0 Å². The van der Waals surface area contributed by atoms with Crippen molar-refractivity contribution in [2.45, 2.75) is 0 Å². The van der Waals surface area contributed by atoms with E-state index >= 15 is 0 Å². The molecule has 0 aliphatic carbocycles. The molecule has 19 heavy (non-hydrogen) atoms. The summed E-state index contributed by atoms with van der Waals surface area (Å²) in [6.07, 6.45) is 0. The standard InChI is InChI=1S/2Na.H3O4P.12H2O/c;;1-5(2,3)4;;;;;;;;;;;;/h;;(H3,1,2,3,4);12*1H2/q2*+1;;;;;;;;;;;;;/p-3. The minimum atomic E-state index is -5.39. The van der Waals surface area contributed by atoms with Crippen molar-refractivity contribution in [2.75, 3.05) is 0 Å². The quantitative estimate of drug-likeness (QED) is 0.300. The topological polar surface area (TPSA) is 464 Å². The molecular formula is H24Na2O16P-. The Bertz CT molecular complexity index is 60.9. The Labute approximate surface area is 151 Å². The van der Waals surface area contributed by atoms with E-state index in [-0.39, 0.29) is 125 Å². The van der Waals surface area contributed by atoms with Crippen LogP contribution in [0.5, 0.6) is 0 Å². The molecule has 0 saturated heterocycles. The molecule has 0 radical (unpaired) electrons. The number of hydrogen-bond acceptors (Lipinski definition) is 4. The van der Waals surface area contributed by atoms with E-state index < -0.39 is 7.82 Å². The summed E-state index contributed by atoms with van der Waals surface area (Å²) < 4.78 is 8.55. The average molecular weight is 357 g/mol. The van der Waals surface area contributed by atoms with E-state index in [9.17, 15) is 0 Å². The molecule has 0 atom stereocenters. The molecule has 0 rings (SSSR count). The molecule has 0 unspecified atom stereocenters. The third-order valence-corrected chi connectivity index (χ3v) is 0. The zero-order valence-electron chi connectivity index (χ0n) is 10.1. The molecule has 0 fully saturated rings. The van der Waals surface area contributed by atoms with Gasteiger partial charge in [-0.25, -0.2) is 0 Å². The van der Waals surface area contributed by atoms with Crippen LogP contribution in [0.2, 0.25) is 0 Å². The second-order valence-corrected chi connectivity index (χ2v) is 1.34. The second kappa shape index (κ2) is 117. The van der Waals surface area contributed by atoms with E-state index in [0.29, 0.717) is 0 Å². The summed E-state index contributed by atoms with van der Waals surface area (Å²) >= 11 is 0. The minimum absolute atomic E-state index is 0. The molecule has 0 aromatic rings. The fourth-order valence-electron chi connectivity index (χ4n) is 0. The summed E-state index contributed by atoms with van der Waals surface area (Å²) in [7, 11) is -5.39. The van der Waals surface area contributed by atoms with Gasteiger partial charge >= 0.3 is 59.1 Å². The van der Waals surface area contributed by atoms with Crippen LogP contribution in [0.1, 0.15) is 0 Å². The summed E-state index contributed by atoms with van der Waals surface area (Å²) in [5.74, 6) is 0. The van der Waals surface area contributed by atoms with Gasteiger partial charge in [-0.05, 0) is 0 Å². The predicted molar refractivity (Wildman–Crippen MR) is 51.0 cm³/mol. The molecule has 0 heterocycles. The SMILES string of the molecule is O.O.O.O.O.O.O.O.O.O.O.O.O=P([O-])([O-])[O-].[Na+].[Na+]. The van der Waals surface area contributed by atoms with Gasteiger partial charge in [-0.2, -0.15) is 7.82 Å². The monoisotopic (exact) mass is 357 g/mol. The number of hydrogen-bond donors (Lipinski definition) is 0. The van der Waals surface area contributed by atoms with Gasteiger partial charge in [0.1, 0.15) is 0 Å². The first-order valence-corrected chi connectivity index (χ1v) is 2.19. The number of phosphoric acid groups is 1. The third-order valence-electron chi connectivity index (χ3n) is 0. The molecule has 0 bridgehead atoms. The molecule has 19 heteroatoms. The van der Waals surface area contributed by atoms with Crippen molar-refractivity contribution in [1.82, 2.24) is 0 Å². The Morgan fingerprint density at radius 1 is 0.421 bits per heavy atom. The Morgan fingerprint density at radius 3 is 0.421 bits per heavy atom. The van der Waals surface area contributed by atoms with Gasteiger partial charge in [0, 0.05) is 0 Å². The van der Waals surface area contributed by atoms with Crippen LogP contribution in [0.15, 0.2) is 0 Å². The zero-order chi connectivity index (χ0) is 4.50.